The Labute approximate surface area is 100 Å². The van der Waals surface area contributed by atoms with Crippen LogP contribution in [-0.2, 0) is 9.47 Å². The van der Waals surface area contributed by atoms with Crippen LogP contribution in [0.1, 0.15) is 12.0 Å². The highest BCUT2D eigenvalue weighted by Crippen LogP contribution is 2.27. The normalized spacial score (nSPS) is 20.9. The highest BCUT2D eigenvalue weighted by molar-refractivity contribution is 7.99. The highest BCUT2D eigenvalue weighted by Gasteiger charge is 2.14. The summed E-state index contributed by atoms with van der Waals surface area (Å²) in [4.78, 5) is 1.14. The van der Waals surface area contributed by atoms with E-state index in [9.17, 15) is 0 Å². The van der Waals surface area contributed by atoms with E-state index in [-0.39, 0.29) is 0 Å². The van der Waals surface area contributed by atoms with Gasteiger partial charge in [-0.15, -0.1) is 11.8 Å². The fraction of sp³-hybridized carbons (Fsp3) is 0.500. The predicted molar refractivity (Wildman–Crippen MR) is 66.6 cm³/mol. The summed E-state index contributed by atoms with van der Waals surface area (Å²) in [5.41, 5.74) is 8.01. The topological polar surface area (TPSA) is 44.5 Å². The van der Waals surface area contributed by atoms with Crippen molar-refractivity contribution < 1.29 is 9.47 Å². The molecular weight excluding hydrogens is 222 g/mol. The summed E-state index contributed by atoms with van der Waals surface area (Å²) in [7, 11) is 0. The molecule has 0 spiro atoms. The van der Waals surface area contributed by atoms with Crippen molar-refractivity contribution in [1.82, 2.24) is 0 Å². The Hall–Kier alpha value is -0.710. The molecule has 1 unspecified atom stereocenters. The summed E-state index contributed by atoms with van der Waals surface area (Å²) in [5.74, 6) is 0.941. The molecule has 4 heteroatoms. The van der Waals surface area contributed by atoms with Crippen LogP contribution in [-0.4, -0.2) is 25.3 Å². The number of hydrogen-bond acceptors (Lipinski definition) is 4. The highest BCUT2D eigenvalue weighted by atomic mass is 32.2. The molecule has 0 amide bonds. The third-order valence-corrected chi connectivity index (χ3v) is 3.78. The second-order valence-corrected chi connectivity index (χ2v) is 5.02. The first kappa shape index (κ1) is 11.8. The molecule has 1 aromatic rings. The van der Waals surface area contributed by atoms with Crippen LogP contribution >= 0.6 is 11.8 Å². The molecule has 0 aromatic heterocycles. The molecule has 1 heterocycles. The second kappa shape index (κ2) is 5.57. The fourth-order valence-corrected chi connectivity index (χ4v) is 2.63. The first-order chi connectivity index (χ1) is 7.75. The van der Waals surface area contributed by atoms with Gasteiger partial charge in [0.15, 0.2) is 0 Å². The summed E-state index contributed by atoms with van der Waals surface area (Å²) in [6.07, 6.45) is 1.26. The maximum atomic E-state index is 5.95. The minimum Gasteiger partial charge on any atom is -0.398 e. The number of ether oxygens (including phenoxy) is 2. The molecule has 16 heavy (non-hydrogen) atoms. The Balaban J connectivity index is 1.88. The number of rotatable bonds is 3. The summed E-state index contributed by atoms with van der Waals surface area (Å²) in [5, 5.41) is 0. The van der Waals surface area contributed by atoms with Crippen LogP contribution < -0.4 is 5.73 Å². The average molecular weight is 239 g/mol. The van der Waals surface area contributed by atoms with Crippen LogP contribution in [0.15, 0.2) is 23.1 Å². The summed E-state index contributed by atoms with van der Waals surface area (Å²) in [6, 6.07) is 6.17. The van der Waals surface area contributed by atoms with Gasteiger partial charge in [-0.3, -0.25) is 0 Å². The van der Waals surface area contributed by atoms with Gasteiger partial charge in [-0.05, 0) is 31.0 Å². The molecular formula is C12H17NO2S. The molecule has 1 saturated heterocycles. The van der Waals surface area contributed by atoms with Gasteiger partial charge in [0.05, 0.1) is 12.7 Å². The molecule has 2 N–H and O–H groups in total. The van der Waals surface area contributed by atoms with Crippen molar-refractivity contribution in [2.75, 3.05) is 24.9 Å². The van der Waals surface area contributed by atoms with Crippen LogP contribution in [0.4, 0.5) is 5.69 Å². The second-order valence-electron chi connectivity index (χ2n) is 3.96. The van der Waals surface area contributed by atoms with Crippen molar-refractivity contribution in [3.8, 4) is 0 Å². The quantitative estimate of drug-likeness (QED) is 0.650. The van der Waals surface area contributed by atoms with E-state index in [2.05, 4.69) is 12.1 Å². The Morgan fingerprint density at radius 1 is 1.50 bits per heavy atom. The third kappa shape index (κ3) is 3.14. The predicted octanol–water partition coefficient (Wildman–Crippen LogP) is 2.43. The van der Waals surface area contributed by atoms with Gasteiger partial charge >= 0.3 is 0 Å². The number of hydrogen-bond donors (Lipinski definition) is 1. The number of aryl methyl sites for hydroxylation is 1. The van der Waals surface area contributed by atoms with E-state index in [1.54, 1.807) is 11.8 Å². The lowest BCUT2D eigenvalue weighted by molar-refractivity contribution is -0.130. The molecule has 1 aliphatic heterocycles. The molecule has 1 atom stereocenters. The molecule has 1 aliphatic rings. The summed E-state index contributed by atoms with van der Waals surface area (Å²) in [6.45, 7) is 3.27. The molecule has 0 aliphatic carbocycles. The van der Waals surface area contributed by atoms with Crippen molar-refractivity contribution in [1.29, 1.82) is 0 Å². The van der Waals surface area contributed by atoms with Gasteiger partial charge in [0.25, 0.3) is 0 Å². The number of nitrogens with two attached hydrogens (primary N) is 1. The van der Waals surface area contributed by atoms with Gasteiger partial charge in [-0.25, -0.2) is 0 Å². The first-order valence-electron chi connectivity index (χ1n) is 5.44. The maximum Gasteiger partial charge on any atom is 0.147 e. The van der Waals surface area contributed by atoms with Crippen molar-refractivity contribution >= 4 is 17.4 Å². The third-order valence-electron chi connectivity index (χ3n) is 2.56. The van der Waals surface area contributed by atoms with E-state index >= 15 is 0 Å². The van der Waals surface area contributed by atoms with E-state index in [0.717, 1.165) is 29.4 Å². The smallest absolute Gasteiger partial charge is 0.147 e. The Kier molecular flexibility index (Phi) is 4.09. The van der Waals surface area contributed by atoms with E-state index in [1.807, 2.05) is 13.0 Å². The Morgan fingerprint density at radius 3 is 3.06 bits per heavy atom. The Bertz CT molecular complexity index is 351. The number of nitrogen functional groups attached to an aromatic ring is 1. The van der Waals surface area contributed by atoms with Gasteiger partial charge in [0.2, 0.25) is 0 Å². The molecule has 1 fully saturated rings. The molecule has 88 valence electrons. The summed E-state index contributed by atoms with van der Waals surface area (Å²) >= 11 is 1.76. The van der Waals surface area contributed by atoms with Crippen molar-refractivity contribution in [2.24, 2.45) is 0 Å². The standard InChI is InChI=1S/C12H17NO2S/c1-9-2-3-12(11(13)6-9)16-7-10-4-5-14-8-15-10/h2-3,6,10H,4-5,7-8,13H2,1H3. The van der Waals surface area contributed by atoms with E-state index in [4.69, 9.17) is 15.2 Å². The summed E-state index contributed by atoms with van der Waals surface area (Å²) < 4.78 is 10.6. The van der Waals surface area contributed by atoms with E-state index in [1.165, 1.54) is 5.56 Å². The lowest BCUT2D eigenvalue weighted by Crippen LogP contribution is -2.25. The van der Waals surface area contributed by atoms with Gasteiger partial charge < -0.3 is 15.2 Å². The molecule has 2 rings (SSSR count). The van der Waals surface area contributed by atoms with E-state index in [0.29, 0.717) is 12.9 Å². The number of anilines is 1. The molecule has 0 bridgehead atoms. The number of benzene rings is 1. The Morgan fingerprint density at radius 2 is 2.38 bits per heavy atom. The minimum atomic E-state index is 0.291. The zero-order valence-electron chi connectivity index (χ0n) is 9.44. The van der Waals surface area contributed by atoms with Crippen LogP contribution in [0.5, 0.6) is 0 Å². The molecule has 0 saturated carbocycles. The van der Waals surface area contributed by atoms with Crippen LogP contribution in [0.2, 0.25) is 0 Å². The maximum absolute atomic E-state index is 5.95. The van der Waals surface area contributed by atoms with Gasteiger partial charge in [0, 0.05) is 16.3 Å². The zero-order chi connectivity index (χ0) is 11.4. The lowest BCUT2D eigenvalue weighted by Gasteiger charge is -2.22. The van der Waals surface area contributed by atoms with Crippen LogP contribution in [0, 0.1) is 6.92 Å². The van der Waals surface area contributed by atoms with Crippen molar-refractivity contribution in [2.45, 2.75) is 24.3 Å². The van der Waals surface area contributed by atoms with Crippen molar-refractivity contribution in [3.63, 3.8) is 0 Å². The van der Waals surface area contributed by atoms with Crippen molar-refractivity contribution in [3.05, 3.63) is 23.8 Å². The minimum absolute atomic E-state index is 0.291. The fourth-order valence-electron chi connectivity index (χ4n) is 1.61. The molecule has 3 nitrogen and oxygen atoms in total. The first-order valence-corrected chi connectivity index (χ1v) is 6.42. The lowest BCUT2D eigenvalue weighted by atomic mass is 10.2. The monoisotopic (exact) mass is 239 g/mol. The number of thioether (sulfide) groups is 1. The molecule has 0 radical (unpaired) electrons. The SMILES string of the molecule is Cc1ccc(SCC2CCOCO2)c(N)c1. The van der Waals surface area contributed by atoms with E-state index < -0.39 is 0 Å². The largest absolute Gasteiger partial charge is 0.398 e. The van der Waals surface area contributed by atoms with Gasteiger partial charge in [-0.2, -0.15) is 0 Å². The van der Waals surface area contributed by atoms with Gasteiger partial charge in [-0.1, -0.05) is 6.07 Å². The zero-order valence-corrected chi connectivity index (χ0v) is 10.3. The van der Waals surface area contributed by atoms with Crippen LogP contribution in [0.3, 0.4) is 0 Å². The van der Waals surface area contributed by atoms with Gasteiger partial charge in [0.1, 0.15) is 6.79 Å². The average Bonchev–Trinajstić information content (AvgIpc) is 2.29. The van der Waals surface area contributed by atoms with Crippen LogP contribution in [0.25, 0.3) is 0 Å². The molecule has 1 aromatic carbocycles.